The van der Waals surface area contributed by atoms with E-state index in [0.717, 1.165) is 0 Å². The van der Waals surface area contributed by atoms with Gasteiger partial charge >= 0.3 is 7.60 Å². The molecule has 28 heavy (non-hydrogen) atoms. The first-order valence-corrected chi connectivity index (χ1v) is 10.1. The van der Waals surface area contributed by atoms with Crippen molar-refractivity contribution in [3.8, 4) is 17.2 Å². The molecule has 10 heteroatoms. The van der Waals surface area contributed by atoms with E-state index < -0.39 is 7.60 Å². The van der Waals surface area contributed by atoms with Gasteiger partial charge in [-0.15, -0.1) is 0 Å². The molecule has 1 heterocycles. The SMILES string of the molecule is CCOP(=O)(OCC)/C(=C\Nc1ncccn1)c1cc(OC)c(O)c(OC)c1. The van der Waals surface area contributed by atoms with Gasteiger partial charge in [0.05, 0.1) is 32.7 Å². The third kappa shape index (κ3) is 5.01. The van der Waals surface area contributed by atoms with E-state index in [-0.39, 0.29) is 35.8 Å². The van der Waals surface area contributed by atoms with E-state index in [1.165, 1.54) is 32.6 Å². The van der Waals surface area contributed by atoms with Gasteiger partial charge in [0.15, 0.2) is 11.5 Å². The van der Waals surface area contributed by atoms with Crippen molar-refractivity contribution in [1.29, 1.82) is 0 Å². The van der Waals surface area contributed by atoms with Crippen LogP contribution in [-0.2, 0) is 13.6 Å². The number of aromatic nitrogens is 2. The van der Waals surface area contributed by atoms with Gasteiger partial charge in [-0.2, -0.15) is 0 Å². The Hall–Kier alpha value is -2.61. The first kappa shape index (κ1) is 21.7. The molecule has 0 atom stereocenters. The van der Waals surface area contributed by atoms with Crippen molar-refractivity contribution < 1.29 is 28.2 Å². The Kier molecular flexibility index (Phi) is 7.80. The number of aromatic hydroxyl groups is 1. The summed E-state index contributed by atoms with van der Waals surface area (Å²) < 4.78 is 34.9. The Bertz CT molecular complexity index is 825. The van der Waals surface area contributed by atoms with Crippen molar-refractivity contribution >= 4 is 18.9 Å². The fourth-order valence-corrected chi connectivity index (χ4v) is 4.09. The number of rotatable bonds is 10. The lowest BCUT2D eigenvalue weighted by Crippen LogP contribution is -2.03. The smallest absolute Gasteiger partial charge is 0.363 e. The second kappa shape index (κ2) is 10.1. The highest BCUT2D eigenvalue weighted by molar-refractivity contribution is 7.65. The van der Waals surface area contributed by atoms with Crippen LogP contribution in [0.3, 0.4) is 0 Å². The Morgan fingerprint density at radius 1 is 1.11 bits per heavy atom. The van der Waals surface area contributed by atoms with Crippen LogP contribution in [0.1, 0.15) is 19.4 Å². The van der Waals surface area contributed by atoms with Gasteiger partial charge in [0.2, 0.25) is 11.7 Å². The maximum Gasteiger partial charge on any atom is 0.363 e. The van der Waals surface area contributed by atoms with Crippen molar-refractivity contribution in [2.75, 3.05) is 32.8 Å². The summed E-state index contributed by atoms with van der Waals surface area (Å²) in [5.41, 5.74) is 0.417. The molecular weight excluding hydrogens is 385 g/mol. The molecule has 152 valence electrons. The van der Waals surface area contributed by atoms with E-state index in [1.54, 1.807) is 32.3 Å². The second-order valence-electron chi connectivity index (χ2n) is 5.31. The molecule has 0 spiro atoms. The minimum atomic E-state index is -3.71. The number of anilines is 1. The van der Waals surface area contributed by atoms with Crippen LogP contribution in [0.25, 0.3) is 5.31 Å². The number of benzene rings is 1. The molecule has 0 aliphatic rings. The molecule has 1 aromatic heterocycles. The van der Waals surface area contributed by atoms with E-state index >= 15 is 0 Å². The molecule has 0 aliphatic heterocycles. The summed E-state index contributed by atoms with van der Waals surface area (Å²) in [5.74, 6) is 0.430. The number of phenolic OH excluding ortho intramolecular Hbond substituents is 1. The van der Waals surface area contributed by atoms with Crippen molar-refractivity contribution in [3.05, 3.63) is 42.4 Å². The quantitative estimate of drug-likeness (QED) is 0.565. The summed E-state index contributed by atoms with van der Waals surface area (Å²) in [6.45, 7) is 3.77. The largest absolute Gasteiger partial charge is 0.502 e. The van der Waals surface area contributed by atoms with E-state index in [9.17, 15) is 9.67 Å². The molecule has 0 bridgehead atoms. The lowest BCUT2D eigenvalue weighted by Gasteiger charge is -2.21. The topological polar surface area (TPSA) is 112 Å². The van der Waals surface area contributed by atoms with Crippen molar-refractivity contribution in [2.45, 2.75) is 13.8 Å². The van der Waals surface area contributed by atoms with E-state index in [2.05, 4.69) is 15.3 Å². The highest BCUT2D eigenvalue weighted by Crippen LogP contribution is 2.61. The first-order valence-electron chi connectivity index (χ1n) is 8.57. The summed E-state index contributed by atoms with van der Waals surface area (Å²) in [6, 6.07) is 4.71. The third-order valence-corrected chi connectivity index (χ3v) is 5.75. The van der Waals surface area contributed by atoms with Crippen LogP contribution in [0, 0.1) is 0 Å². The zero-order valence-electron chi connectivity index (χ0n) is 16.2. The lowest BCUT2D eigenvalue weighted by atomic mass is 10.1. The molecule has 0 unspecified atom stereocenters. The van der Waals surface area contributed by atoms with Gasteiger partial charge in [0.25, 0.3) is 0 Å². The molecule has 0 saturated heterocycles. The van der Waals surface area contributed by atoms with Crippen molar-refractivity contribution in [3.63, 3.8) is 0 Å². The molecule has 0 fully saturated rings. The molecular formula is C18H24N3O6P. The Morgan fingerprint density at radius 2 is 1.64 bits per heavy atom. The zero-order chi connectivity index (χ0) is 20.6. The minimum Gasteiger partial charge on any atom is -0.502 e. The number of ether oxygens (including phenoxy) is 2. The molecule has 1 aromatic carbocycles. The maximum atomic E-state index is 13.5. The fourth-order valence-electron chi connectivity index (χ4n) is 2.38. The van der Waals surface area contributed by atoms with Crippen LogP contribution >= 0.6 is 7.60 Å². The average Bonchev–Trinajstić information content (AvgIpc) is 2.70. The third-order valence-electron chi connectivity index (χ3n) is 3.57. The number of methoxy groups -OCH3 is 2. The predicted molar refractivity (Wildman–Crippen MR) is 106 cm³/mol. The van der Waals surface area contributed by atoms with E-state index in [4.69, 9.17) is 18.5 Å². The van der Waals surface area contributed by atoms with Crippen LogP contribution in [0.5, 0.6) is 17.2 Å². The van der Waals surface area contributed by atoms with Gasteiger partial charge in [-0.1, -0.05) is 0 Å². The van der Waals surface area contributed by atoms with Crippen LogP contribution < -0.4 is 14.8 Å². The van der Waals surface area contributed by atoms with Gasteiger partial charge in [-0.05, 0) is 37.6 Å². The van der Waals surface area contributed by atoms with Gasteiger partial charge in [-0.3, -0.25) is 4.57 Å². The minimum absolute atomic E-state index is 0.149. The Balaban J connectivity index is 2.62. The number of nitrogens with zero attached hydrogens (tertiary/aromatic N) is 2. The lowest BCUT2D eigenvalue weighted by molar-refractivity contribution is 0.230. The maximum absolute atomic E-state index is 13.5. The van der Waals surface area contributed by atoms with Gasteiger partial charge < -0.3 is 28.9 Å². The van der Waals surface area contributed by atoms with Gasteiger partial charge in [0, 0.05) is 18.6 Å². The molecule has 2 N–H and O–H groups in total. The standard InChI is InChI=1S/C18H24N3O6P/c1-5-26-28(23,27-6-2)16(12-21-18-19-8-7-9-20-18)13-10-14(24-3)17(22)15(11-13)25-4/h7-12,22H,5-6H2,1-4H3,(H,19,20,21)/b16-12-. The second-order valence-corrected chi connectivity index (χ2v) is 7.30. The number of phenols is 1. The summed E-state index contributed by atoms with van der Waals surface area (Å²) >= 11 is 0. The van der Waals surface area contributed by atoms with E-state index in [0.29, 0.717) is 11.5 Å². The number of nitrogens with one attached hydrogen (secondary N) is 1. The molecule has 0 saturated carbocycles. The summed E-state index contributed by atoms with van der Waals surface area (Å²) in [5, 5.41) is 13.3. The normalized spacial score (nSPS) is 11.9. The van der Waals surface area contributed by atoms with Crippen molar-refractivity contribution in [1.82, 2.24) is 9.97 Å². The van der Waals surface area contributed by atoms with Gasteiger partial charge in [-0.25, -0.2) is 9.97 Å². The van der Waals surface area contributed by atoms with Crippen LogP contribution in [-0.4, -0.2) is 42.5 Å². The number of hydrogen-bond donors (Lipinski definition) is 2. The molecule has 0 radical (unpaired) electrons. The summed E-state index contributed by atoms with van der Waals surface area (Å²) in [4.78, 5) is 8.14. The van der Waals surface area contributed by atoms with Gasteiger partial charge in [0.1, 0.15) is 0 Å². The Morgan fingerprint density at radius 3 is 2.11 bits per heavy atom. The average molecular weight is 409 g/mol. The monoisotopic (exact) mass is 409 g/mol. The Labute approximate surface area is 163 Å². The predicted octanol–water partition coefficient (Wildman–Crippen LogP) is 3.88. The molecule has 0 aliphatic carbocycles. The molecule has 9 nitrogen and oxygen atoms in total. The summed E-state index contributed by atoms with van der Waals surface area (Å²) in [7, 11) is -0.904. The van der Waals surface area contributed by atoms with Crippen molar-refractivity contribution in [2.24, 2.45) is 0 Å². The van der Waals surface area contributed by atoms with Crippen LogP contribution in [0.4, 0.5) is 5.95 Å². The van der Waals surface area contributed by atoms with E-state index in [1.807, 2.05) is 0 Å². The van der Waals surface area contributed by atoms with Crippen LogP contribution in [0.15, 0.2) is 36.8 Å². The molecule has 2 rings (SSSR count). The highest BCUT2D eigenvalue weighted by Gasteiger charge is 2.32. The fraction of sp³-hybridized carbons (Fsp3) is 0.333. The molecule has 2 aromatic rings. The zero-order valence-corrected chi connectivity index (χ0v) is 17.1. The summed E-state index contributed by atoms with van der Waals surface area (Å²) in [6.07, 6.45) is 4.59. The van der Waals surface area contributed by atoms with Crippen LogP contribution in [0.2, 0.25) is 0 Å². The number of hydrogen-bond acceptors (Lipinski definition) is 9. The highest BCUT2D eigenvalue weighted by atomic mass is 31.2. The molecule has 0 amide bonds. The first-order chi connectivity index (χ1) is 13.5.